The zero-order chi connectivity index (χ0) is 8.60. The smallest absolute Gasteiger partial charge is 0.216 e. The van der Waals surface area contributed by atoms with E-state index in [0.717, 1.165) is 13.2 Å². The molecule has 2 fully saturated rings. The average Bonchev–Trinajstić information content (AvgIpc) is 2.02. The van der Waals surface area contributed by atoms with Crippen molar-refractivity contribution in [3.63, 3.8) is 0 Å². The normalized spacial score (nSPS) is 29.2. The molecule has 3 heteroatoms. The molecule has 3 nitrogen and oxygen atoms in total. The summed E-state index contributed by atoms with van der Waals surface area (Å²) in [6, 6.07) is 0. The minimum absolute atomic E-state index is 0.356. The summed E-state index contributed by atoms with van der Waals surface area (Å²) in [6.07, 6.45) is 0. The summed E-state index contributed by atoms with van der Waals surface area (Å²) in [7, 11) is 0. The molecule has 0 aromatic carbocycles. The highest BCUT2D eigenvalue weighted by atomic mass is 16.8. The Bertz CT molecular complexity index is 153. The van der Waals surface area contributed by atoms with Crippen molar-refractivity contribution in [1.82, 2.24) is 0 Å². The van der Waals surface area contributed by atoms with Crippen LogP contribution in [-0.2, 0) is 14.2 Å². The van der Waals surface area contributed by atoms with Crippen LogP contribution in [0, 0.1) is 11.8 Å². The Morgan fingerprint density at radius 1 is 1.17 bits per heavy atom. The van der Waals surface area contributed by atoms with Gasteiger partial charge in [0.25, 0.3) is 0 Å². The molecule has 0 aromatic heterocycles. The predicted molar refractivity (Wildman–Crippen MR) is 43.8 cm³/mol. The molecule has 2 aliphatic heterocycles. The molecule has 0 saturated carbocycles. The first-order chi connectivity index (χ1) is 5.72. The van der Waals surface area contributed by atoms with E-state index in [2.05, 4.69) is 13.8 Å². The monoisotopic (exact) mass is 172 g/mol. The highest BCUT2D eigenvalue weighted by Gasteiger charge is 2.45. The molecule has 0 aromatic rings. The Labute approximate surface area is 73.0 Å². The summed E-state index contributed by atoms with van der Waals surface area (Å²) in [4.78, 5) is 0. The van der Waals surface area contributed by atoms with E-state index in [1.807, 2.05) is 0 Å². The largest absolute Gasteiger partial charge is 0.370 e. The summed E-state index contributed by atoms with van der Waals surface area (Å²) >= 11 is 0. The molecule has 0 aliphatic carbocycles. The van der Waals surface area contributed by atoms with Crippen molar-refractivity contribution in [2.75, 3.05) is 26.4 Å². The SMILES string of the molecule is CC(C)C1COC2(COC2)OC1. The highest BCUT2D eigenvalue weighted by Crippen LogP contribution is 2.30. The molecule has 0 atom stereocenters. The molecule has 2 rings (SSSR count). The zero-order valence-electron chi connectivity index (χ0n) is 7.71. The van der Waals surface area contributed by atoms with E-state index in [4.69, 9.17) is 14.2 Å². The third-order valence-corrected chi connectivity index (χ3v) is 2.71. The molecule has 2 saturated heterocycles. The first-order valence-corrected chi connectivity index (χ1v) is 4.57. The van der Waals surface area contributed by atoms with E-state index in [-0.39, 0.29) is 5.79 Å². The van der Waals surface area contributed by atoms with Crippen molar-refractivity contribution < 1.29 is 14.2 Å². The average molecular weight is 172 g/mol. The molecule has 70 valence electrons. The zero-order valence-corrected chi connectivity index (χ0v) is 7.71. The number of rotatable bonds is 1. The van der Waals surface area contributed by atoms with Gasteiger partial charge in [0.05, 0.1) is 13.2 Å². The van der Waals surface area contributed by atoms with E-state index in [0.29, 0.717) is 25.0 Å². The van der Waals surface area contributed by atoms with Gasteiger partial charge >= 0.3 is 0 Å². The Morgan fingerprint density at radius 3 is 2.08 bits per heavy atom. The van der Waals surface area contributed by atoms with Crippen molar-refractivity contribution in [2.45, 2.75) is 19.6 Å². The maximum atomic E-state index is 5.63. The van der Waals surface area contributed by atoms with Gasteiger partial charge in [0, 0.05) is 5.92 Å². The van der Waals surface area contributed by atoms with Gasteiger partial charge in [-0.15, -0.1) is 0 Å². The van der Waals surface area contributed by atoms with Gasteiger partial charge in [0.2, 0.25) is 5.79 Å². The molecular weight excluding hydrogens is 156 g/mol. The lowest BCUT2D eigenvalue weighted by Gasteiger charge is -2.45. The van der Waals surface area contributed by atoms with Gasteiger partial charge in [-0.25, -0.2) is 0 Å². The van der Waals surface area contributed by atoms with Gasteiger partial charge in [0.1, 0.15) is 13.2 Å². The fourth-order valence-electron chi connectivity index (χ4n) is 1.43. The maximum absolute atomic E-state index is 5.63. The molecule has 0 N–H and O–H groups in total. The number of ether oxygens (including phenoxy) is 3. The predicted octanol–water partition coefficient (Wildman–Crippen LogP) is 1.03. The molecule has 1 spiro atoms. The molecular formula is C9H16O3. The van der Waals surface area contributed by atoms with Gasteiger partial charge in [0.15, 0.2) is 0 Å². The minimum atomic E-state index is -0.356. The Balaban J connectivity index is 1.84. The van der Waals surface area contributed by atoms with Crippen LogP contribution >= 0.6 is 0 Å². The highest BCUT2D eigenvalue weighted by molar-refractivity contribution is 4.82. The van der Waals surface area contributed by atoms with Crippen LogP contribution in [0.15, 0.2) is 0 Å². The molecule has 0 unspecified atom stereocenters. The van der Waals surface area contributed by atoms with E-state index in [1.54, 1.807) is 0 Å². The standard InChI is InChI=1S/C9H16O3/c1-7(2)8-3-11-9(12-4-8)5-10-6-9/h7-8H,3-6H2,1-2H3. The van der Waals surface area contributed by atoms with Gasteiger partial charge in [-0.3, -0.25) is 0 Å². The van der Waals surface area contributed by atoms with Crippen LogP contribution in [0.3, 0.4) is 0 Å². The lowest BCUT2D eigenvalue weighted by molar-refractivity contribution is -0.372. The molecule has 2 heterocycles. The second-order valence-electron chi connectivity index (χ2n) is 4.03. The van der Waals surface area contributed by atoms with E-state index < -0.39 is 0 Å². The van der Waals surface area contributed by atoms with Crippen molar-refractivity contribution in [3.8, 4) is 0 Å². The Morgan fingerprint density at radius 2 is 1.75 bits per heavy atom. The van der Waals surface area contributed by atoms with Crippen molar-refractivity contribution in [3.05, 3.63) is 0 Å². The van der Waals surface area contributed by atoms with Crippen LogP contribution in [0.2, 0.25) is 0 Å². The quantitative estimate of drug-likeness (QED) is 0.591. The van der Waals surface area contributed by atoms with Crippen molar-refractivity contribution in [1.29, 1.82) is 0 Å². The third kappa shape index (κ3) is 1.37. The van der Waals surface area contributed by atoms with Crippen LogP contribution in [0.25, 0.3) is 0 Å². The van der Waals surface area contributed by atoms with E-state index in [9.17, 15) is 0 Å². The van der Waals surface area contributed by atoms with Crippen LogP contribution in [-0.4, -0.2) is 32.2 Å². The van der Waals surface area contributed by atoms with Gasteiger partial charge in [-0.1, -0.05) is 13.8 Å². The number of hydrogen-bond donors (Lipinski definition) is 0. The van der Waals surface area contributed by atoms with Crippen LogP contribution in [0.4, 0.5) is 0 Å². The summed E-state index contributed by atoms with van der Waals surface area (Å²) < 4.78 is 16.3. The summed E-state index contributed by atoms with van der Waals surface area (Å²) in [6.45, 7) is 7.26. The van der Waals surface area contributed by atoms with Crippen LogP contribution in [0.1, 0.15) is 13.8 Å². The van der Waals surface area contributed by atoms with E-state index in [1.165, 1.54) is 0 Å². The Hall–Kier alpha value is -0.120. The van der Waals surface area contributed by atoms with Crippen LogP contribution < -0.4 is 0 Å². The third-order valence-electron chi connectivity index (χ3n) is 2.71. The summed E-state index contributed by atoms with van der Waals surface area (Å²) in [5, 5.41) is 0. The van der Waals surface area contributed by atoms with Crippen molar-refractivity contribution in [2.24, 2.45) is 11.8 Å². The topological polar surface area (TPSA) is 27.7 Å². The Kier molecular flexibility index (Phi) is 2.10. The van der Waals surface area contributed by atoms with Crippen LogP contribution in [0.5, 0.6) is 0 Å². The lowest BCUT2D eigenvalue weighted by atomic mass is 9.96. The first kappa shape index (κ1) is 8.48. The fourth-order valence-corrected chi connectivity index (χ4v) is 1.43. The molecule has 0 amide bonds. The minimum Gasteiger partial charge on any atom is -0.370 e. The van der Waals surface area contributed by atoms with Gasteiger partial charge in [-0.05, 0) is 5.92 Å². The molecule has 12 heavy (non-hydrogen) atoms. The van der Waals surface area contributed by atoms with Gasteiger partial charge in [-0.2, -0.15) is 0 Å². The lowest BCUT2D eigenvalue weighted by Crippen LogP contribution is -2.58. The summed E-state index contributed by atoms with van der Waals surface area (Å²) in [5.41, 5.74) is 0. The van der Waals surface area contributed by atoms with E-state index >= 15 is 0 Å². The maximum Gasteiger partial charge on any atom is 0.216 e. The molecule has 2 aliphatic rings. The molecule has 0 bridgehead atoms. The summed E-state index contributed by atoms with van der Waals surface area (Å²) in [5.74, 6) is 0.838. The molecule has 0 radical (unpaired) electrons. The fraction of sp³-hybridized carbons (Fsp3) is 1.00. The second kappa shape index (κ2) is 2.98. The van der Waals surface area contributed by atoms with Gasteiger partial charge < -0.3 is 14.2 Å². The van der Waals surface area contributed by atoms with Crippen molar-refractivity contribution >= 4 is 0 Å². The second-order valence-corrected chi connectivity index (χ2v) is 4.03. The number of hydrogen-bond acceptors (Lipinski definition) is 3. The first-order valence-electron chi connectivity index (χ1n) is 4.57.